The molecule has 0 saturated heterocycles. The number of methoxy groups -OCH3 is 1. The van der Waals surface area contributed by atoms with Crippen LogP contribution < -0.4 is 5.32 Å². The van der Waals surface area contributed by atoms with E-state index in [0.29, 0.717) is 6.42 Å². The number of carboxylic acids is 1. The van der Waals surface area contributed by atoms with Gasteiger partial charge in [-0.2, -0.15) is 0 Å². The summed E-state index contributed by atoms with van der Waals surface area (Å²) in [6, 6.07) is -0.219. The number of rotatable bonds is 4. The highest BCUT2D eigenvalue weighted by atomic mass is 16.5. The van der Waals surface area contributed by atoms with Crippen molar-refractivity contribution in [3.05, 3.63) is 12.2 Å². The average Bonchev–Trinajstić information content (AvgIpc) is 2.66. The lowest BCUT2D eigenvalue weighted by Gasteiger charge is -2.24. The van der Waals surface area contributed by atoms with Gasteiger partial charge in [0.2, 0.25) is 0 Å². The van der Waals surface area contributed by atoms with E-state index in [1.165, 1.54) is 7.11 Å². The number of carboxylic acid groups (broad SMARTS) is 1. The molecular formula is C11H17NO4. The minimum absolute atomic E-state index is 0.219. The normalized spacial score (nSPS) is 24.4. The molecule has 2 atom stereocenters. The third kappa shape index (κ3) is 2.82. The van der Waals surface area contributed by atoms with Gasteiger partial charge in [0, 0.05) is 13.2 Å². The Kier molecular flexibility index (Phi) is 3.70. The molecule has 1 rings (SSSR count). The van der Waals surface area contributed by atoms with Crippen LogP contribution in [0.4, 0.5) is 0 Å². The van der Waals surface area contributed by atoms with E-state index in [2.05, 4.69) is 5.32 Å². The molecule has 0 spiro atoms. The van der Waals surface area contributed by atoms with E-state index in [9.17, 15) is 9.59 Å². The van der Waals surface area contributed by atoms with Gasteiger partial charge in [0.25, 0.3) is 5.91 Å². The number of hydrogen-bond donors (Lipinski definition) is 2. The fourth-order valence-electron chi connectivity index (χ4n) is 1.42. The van der Waals surface area contributed by atoms with Gasteiger partial charge >= 0.3 is 5.97 Å². The fraction of sp³-hybridized carbons (Fsp3) is 0.636. The lowest BCUT2D eigenvalue weighted by atomic mass is 10.1. The summed E-state index contributed by atoms with van der Waals surface area (Å²) in [4.78, 5) is 22.4. The zero-order valence-electron chi connectivity index (χ0n) is 9.69. The smallest absolute Gasteiger partial charge is 0.310 e. The Bertz CT molecular complexity index is 322. The lowest BCUT2D eigenvalue weighted by molar-refractivity contribution is -0.142. The molecule has 1 aliphatic carbocycles. The first-order valence-electron chi connectivity index (χ1n) is 5.14. The number of nitrogens with one attached hydrogen (secondary N) is 1. The second kappa shape index (κ2) is 4.65. The van der Waals surface area contributed by atoms with E-state index in [0.717, 1.165) is 0 Å². The first-order valence-corrected chi connectivity index (χ1v) is 5.14. The van der Waals surface area contributed by atoms with Gasteiger partial charge < -0.3 is 15.2 Å². The Morgan fingerprint density at radius 2 is 2.06 bits per heavy atom. The molecule has 1 amide bonds. The Balaban J connectivity index is 2.50. The summed E-state index contributed by atoms with van der Waals surface area (Å²) >= 11 is 0. The minimum Gasteiger partial charge on any atom is -0.481 e. The molecule has 16 heavy (non-hydrogen) atoms. The van der Waals surface area contributed by atoms with Crippen LogP contribution in [0.2, 0.25) is 0 Å². The maximum Gasteiger partial charge on any atom is 0.310 e. The first kappa shape index (κ1) is 12.7. The summed E-state index contributed by atoms with van der Waals surface area (Å²) < 4.78 is 5.03. The summed E-state index contributed by atoms with van der Waals surface area (Å²) in [6.07, 6.45) is 3.72. The molecule has 1 aliphatic rings. The SMILES string of the molecule is COC(C)(C)C(=O)NC1C=CC(C(=O)O)C1. The van der Waals surface area contributed by atoms with Crippen molar-refractivity contribution < 1.29 is 19.4 Å². The van der Waals surface area contributed by atoms with E-state index < -0.39 is 17.5 Å². The molecule has 0 aromatic rings. The Labute approximate surface area is 94.5 Å². The van der Waals surface area contributed by atoms with Crippen molar-refractivity contribution >= 4 is 11.9 Å². The second-order valence-electron chi connectivity index (χ2n) is 4.36. The quantitative estimate of drug-likeness (QED) is 0.688. The van der Waals surface area contributed by atoms with Crippen molar-refractivity contribution in [3.63, 3.8) is 0 Å². The van der Waals surface area contributed by atoms with E-state index >= 15 is 0 Å². The highest BCUT2D eigenvalue weighted by Crippen LogP contribution is 2.19. The topological polar surface area (TPSA) is 75.6 Å². The van der Waals surface area contributed by atoms with Crippen molar-refractivity contribution in [2.24, 2.45) is 5.92 Å². The van der Waals surface area contributed by atoms with Crippen molar-refractivity contribution in [3.8, 4) is 0 Å². The van der Waals surface area contributed by atoms with Crippen LogP contribution in [-0.2, 0) is 14.3 Å². The zero-order valence-corrected chi connectivity index (χ0v) is 9.69. The number of ether oxygens (including phenoxy) is 1. The molecule has 0 aromatic carbocycles. The molecule has 2 unspecified atom stereocenters. The molecule has 0 bridgehead atoms. The van der Waals surface area contributed by atoms with Gasteiger partial charge in [-0.25, -0.2) is 0 Å². The molecule has 5 heteroatoms. The van der Waals surface area contributed by atoms with Crippen LogP contribution in [0.5, 0.6) is 0 Å². The van der Waals surface area contributed by atoms with E-state index in [1.807, 2.05) is 0 Å². The first-order chi connectivity index (χ1) is 7.36. The fourth-order valence-corrected chi connectivity index (χ4v) is 1.42. The van der Waals surface area contributed by atoms with E-state index in [1.54, 1.807) is 26.0 Å². The van der Waals surface area contributed by atoms with Crippen molar-refractivity contribution in [1.82, 2.24) is 5.32 Å². The van der Waals surface area contributed by atoms with Crippen LogP contribution in [0, 0.1) is 5.92 Å². The van der Waals surface area contributed by atoms with Gasteiger partial charge in [0.15, 0.2) is 0 Å². The molecule has 0 fully saturated rings. The van der Waals surface area contributed by atoms with Gasteiger partial charge in [0.1, 0.15) is 5.60 Å². The molecule has 0 heterocycles. The van der Waals surface area contributed by atoms with Gasteiger partial charge in [-0.05, 0) is 20.3 Å². The van der Waals surface area contributed by atoms with Crippen LogP contribution in [0.15, 0.2) is 12.2 Å². The van der Waals surface area contributed by atoms with Crippen molar-refractivity contribution in [1.29, 1.82) is 0 Å². The molecule has 0 aromatic heterocycles. The van der Waals surface area contributed by atoms with E-state index in [-0.39, 0.29) is 11.9 Å². The second-order valence-corrected chi connectivity index (χ2v) is 4.36. The van der Waals surface area contributed by atoms with Crippen LogP contribution in [0.3, 0.4) is 0 Å². The standard InChI is InChI=1S/C11H17NO4/c1-11(2,16-3)10(15)12-8-5-4-7(6-8)9(13)14/h4-5,7-8H,6H2,1-3H3,(H,12,15)(H,13,14). The maximum atomic E-state index is 11.7. The van der Waals surface area contributed by atoms with Crippen LogP contribution in [-0.4, -0.2) is 35.7 Å². The molecule has 90 valence electrons. The van der Waals surface area contributed by atoms with Crippen LogP contribution in [0.1, 0.15) is 20.3 Å². The number of carbonyl (C=O) groups excluding carboxylic acids is 1. The molecule has 0 radical (unpaired) electrons. The summed E-state index contributed by atoms with van der Waals surface area (Å²) in [7, 11) is 1.46. The molecule has 0 saturated carbocycles. The molecular weight excluding hydrogens is 210 g/mol. The largest absolute Gasteiger partial charge is 0.481 e. The average molecular weight is 227 g/mol. The van der Waals surface area contributed by atoms with Crippen LogP contribution in [0.25, 0.3) is 0 Å². The Morgan fingerprint density at radius 1 is 1.44 bits per heavy atom. The number of aliphatic carboxylic acids is 1. The summed E-state index contributed by atoms with van der Waals surface area (Å²) in [6.45, 7) is 3.32. The Hall–Kier alpha value is -1.36. The van der Waals surface area contributed by atoms with Gasteiger partial charge in [-0.3, -0.25) is 9.59 Å². The number of amides is 1. The lowest BCUT2D eigenvalue weighted by Crippen LogP contribution is -2.47. The maximum absolute atomic E-state index is 11.7. The predicted molar refractivity (Wildman–Crippen MR) is 57.9 cm³/mol. The minimum atomic E-state index is -0.894. The van der Waals surface area contributed by atoms with Gasteiger partial charge in [-0.1, -0.05) is 12.2 Å². The highest BCUT2D eigenvalue weighted by molar-refractivity contribution is 5.85. The van der Waals surface area contributed by atoms with E-state index in [4.69, 9.17) is 9.84 Å². The zero-order chi connectivity index (χ0) is 12.3. The third-order valence-electron chi connectivity index (χ3n) is 2.77. The highest BCUT2D eigenvalue weighted by Gasteiger charge is 2.31. The Morgan fingerprint density at radius 3 is 2.50 bits per heavy atom. The molecule has 0 aliphatic heterocycles. The predicted octanol–water partition coefficient (Wildman–Crippen LogP) is 0.557. The summed E-state index contributed by atoms with van der Waals surface area (Å²) in [5.74, 6) is -1.61. The number of hydrogen-bond acceptors (Lipinski definition) is 3. The van der Waals surface area contributed by atoms with Crippen LogP contribution >= 0.6 is 0 Å². The molecule has 5 nitrogen and oxygen atoms in total. The van der Waals surface area contributed by atoms with Crippen molar-refractivity contribution in [2.45, 2.75) is 31.9 Å². The summed E-state index contributed by atoms with van der Waals surface area (Å²) in [5.41, 5.74) is -0.894. The van der Waals surface area contributed by atoms with Gasteiger partial charge in [-0.15, -0.1) is 0 Å². The monoisotopic (exact) mass is 227 g/mol. The summed E-state index contributed by atoms with van der Waals surface area (Å²) in [5, 5.41) is 11.5. The van der Waals surface area contributed by atoms with Gasteiger partial charge in [0.05, 0.1) is 5.92 Å². The molecule has 2 N–H and O–H groups in total. The number of carbonyl (C=O) groups is 2. The third-order valence-corrected chi connectivity index (χ3v) is 2.77. The van der Waals surface area contributed by atoms with Crippen molar-refractivity contribution in [2.75, 3.05) is 7.11 Å².